The number of methoxy groups -OCH3 is 1. The Balaban J connectivity index is 1.47. The smallest absolute Gasteiger partial charge is 0.244 e. The third kappa shape index (κ3) is 5.13. The van der Waals surface area contributed by atoms with Gasteiger partial charge in [-0.15, -0.1) is 0 Å². The molecule has 8 nitrogen and oxygen atoms in total. The molecule has 1 aliphatic rings. The fourth-order valence-corrected chi connectivity index (χ4v) is 4.05. The molecule has 0 radical (unpaired) electrons. The van der Waals surface area contributed by atoms with Crippen molar-refractivity contribution in [2.24, 2.45) is 0 Å². The molecule has 0 bridgehead atoms. The van der Waals surface area contributed by atoms with Crippen molar-refractivity contribution >= 4 is 5.91 Å². The fraction of sp³-hybridized carbons (Fsp3) is 0.417. The minimum atomic E-state index is -0.254. The SMILES string of the molecule is COc1cccc(Cc2cc(C)nc(C3CN(C(=O)Cn4nc(C)nc4C)CCO3)c2)c1. The second kappa shape index (κ2) is 9.48. The highest BCUT2D eigenvalue weighted by Gasteiger charge is 2.27. The van der Waals surface area contributed by atoms with Crippen LogP contribution in [0.1, 0.15) is 40.3 Å². The number of amides is 1. The number of benzene rings is 1. The van der Waals surface area contributed by atoms with Gasteiger partial charge in [0.1, 0.15) is 30.0 Å². The van der Waals surface area contributed by atoms with Gasteiger partial charge in [0.05, 0.1) is 26.0 Å². The van der Waals surface area contributed by atoms with Crippen LogP contribution < -0.4 is 4.74 Å². The number of aryl methyl sites for hydroxylation is 3. The zero-order chi connectivity index (χ0) is 22.7. The van der Waals surface area contributed by atoms with E-state index in [1.54, 1.807) is 11.8 Å². The van der Waals surface area contributed by atoms with Crippen molar-refractivity contribution in [3.05, 3.63) is 70.6 Å². The summed E-state index contributed by atoms with van der Waals surface area (Å²) in [4.78, 5) is 23.7. The van der Waals surface area contributed by atoms with E-state index in [0.29, 0.717) is 25.5 Å². The maximum atomic E-state index is 12.9. The maximum Gasteiger partial charge on any atom is 0.244 e. The second-order valence-corrected chi connectivity index (χ2v) is 8.13. The predicted molar refractivity (Wildman–Crippen MR) is 120 cm³/mol. The van der Waals surface area contributed by atoms with Crippen LogP contribution in [0.2, 0.25) is 0 Å². The zero-order valence-electron chi connectivity index (χ0n) is 19.0. The number of hydrogen-bond donors (Lipinski definition) is 0. The molecule has 1 saturated heterocycles. The first kappa shape index (κ1) is 22.0. The van der Waals surface area contributed by atoms with Gasteiger partial charge in [-0.25, -0.2) is 9.67 Å². The number of nitrogens with zero attached hydrogens (tertiary/aromatic N) is 5. The van der Waals surface area contributed by atoms with Crippen LogP contribution in [0.4, 0.5) is 0 Å². The Kier molecular flexibility index (Phi) is 6.50. The van der Waals surface area contributed by atoms with E-state index in [1.165, 1.54) is 5.56 Å². The average molecular weight is 436 g/mol. The van der Waals surface area contributed by atoms with E-state index in [4.69, 9.17) is 14.5 Å². The summed E-state index contributed by atoms with van der Waals surface area (Å²) in [5.41, 5.74) is 4.11. The molecule has 0 spiro atoms. The van der Waals surface area contributed by atoms with E-state index < -0.39 is 0 Å². The quantitative estimate of drug-likeness (QED) is 0.592. The first-order valence-corrected chi connectivity index (χ1v) is 10.8. The molecule has 1 aliphatic heterocycles. The number of pyridine rings is 1. The topological polar surface area (TPSA) is 82.4 Å². The third-order valence-corrected chi connectivity index (χ3v) is 5.57. The molecule has 0 N–H and O–H groups in total. The van der Waals surface area contributed by atoms with Crippen LogP contribution in [0.25, 0.3) is 0 Å². The predicted octanol–water partition coefficient (Wildman–Crippen LogP) is 2.80. The van der Waals surface area contributed by atoms with Crippen molar-refractivity contribution < 1.29 is 14.3 Å². The average Bonchev–Trinajstić information content (AvgIpc) is 3.10. The standard InChI is InChI=1S/C24H29N5O3/c1-16-10-20(11-19-6-5-7-21(12-19)31-4)13-22(25-16)23-14-28(8-9-32-23)24(30)15-29-18(3)26-17(2)27-29/h5-7,10,12-13,23H,8-9,11,14-15H2,1-4H3. The highest BCUT2D eigenvalue weighted by molar-refractivity contribution is 5.76. The van der Waals surface area contributed by atoms with Crippen LogP contribution >= 0.6 is 0 Å². The van der Waals surface area contributed by atoms with Crippen LogP contribution in [0.5, 0.6) is 5.75 Å². The third-order valence-electron chi connectivity index (χ3n) is 5.57. The number of rotatable bonds is 6. The molecule has 1 unspecified atom stereocenters. The van der Waals surface area contributed by atoms with E-state index in [-0.39, 0.29) is 18.6 Å². The summed E-state index contributed by atoms with van der Waals surface area (Å²) in [6, 6.07) is 12.2. The van der Waals surface area contributed by atoms with E-state index in [2.05, 4.69) is 28.3 Å². The van der Waals surface area contributed by atoms with E-state index in [9.17, 15) is 4.79 Å². The van der Waals surface area contributed by atoms with Crippen LogP contribution in [0, 0.1) is 20.8 Å². The molecule has 8 heteroatoms. The van der Waals surface area contributed by atoms with Gasteiger partial charge in [0.25, 0.3) is 0 Å². The van der Waals surface area contributed by atoms with Gasteiger partial charge < -0.3 is 14.4 Å². The van der Waals surface area contributed by atoms with Crippen molar-refractivity contribution in [2.45, 2.75) is 39.8 Å². The number of morpholine rings is 1. The Labute approximate surface area is 188 Å². The summed E-state index contributed by atoms with van der Waals surface area (Å²) in [5, 5.41) is 4.30. The molecule has 3 aromatic rings. The molecule has 1 amide bonds. The molecule has 32 heavy (non-hydrogen) atoms. The van der Waals surface area contributed by atoms with Gasteiger partial charge in [-0.3, -0.25) is 9.78 Å². The molecular formula is C24H29N5O3. The number of hydrogen-bond acceptors (Lipinski definition) is 6. The molecule has 2 aromatic heterocycles. The number of carbonyl (C=O) groups excluding carboxylic acids is 1. The number of aromatic nitrogens is 4. The van der Waals surface area contributed by atoms with Crippen LogP contribution in [-0.4, -0.2) is 57.4 Å². The van der Waals surface area contributed by atoms with Gasteiger partial charge in [0, 0.05) is 12.2 Å². The van der Waals surface area contributed by atoms with Crippen LogP contribution in [0.15, 0.2) is 36.4 Å². The van der Waals surface area contributed by atoms with Gasteiger partial charge in [-0.1, -0.05) is 12.1 Å². The van der Waals surface area contributed by atoms with Crippen LogP contribution in [-0.2, 0) is 22.5 Å². The van der Waals surface area contributed by atoms with Crippen LogP contribution in [0.3, 0.4) is 0 Å². The largest absolute Gasteiger partial charge is 0.497 e. The minimum Gasteiger partial charge on any atom is -0.497 e. The summed E-state index contributed by atoms with van der Waals surface area (Å²) in [6.07, 6.45) is 0.517. The second-order valence-electron chi connectivity index (χ2n) is 8.13. The molecule has 1 fully saturated rings. The normalized spacial score (nSPS) is 16.2. The number of ether oxygens (including phenoxy) is 2. The summed E-state index contributed by atoms with van der Waals surface area (Å²) in [7, 11) is 1.67. The van der Waals surface area contributed by atoms with Crippen molar-refractivity contribution in [3.8, 4) is 5.75 Å². The van der Waals surface area contributed by atoms with E-state index in [0.717, 1.165) is 34.9 Å². The zero-order valence-corrected chi connectivity index (χ0v) is 19.0. The lowest BCUT2D eigenvalue weighted by Gasteiger charge is -2.33. The lowest BCUT2D eigenvalue weighted by molar-refractivity contribution is -0.140. The molecule has 1 aromatic carbocycles. The summed E-state index contributed by atoms with van der Waals surface area (Å²) in [5.74, 6) is 2.26. The Morgan fingerprint density at radius 3 is 2.75 bits per heavy atom. The summed E-state index contributed by atoms with van der Waals surface area (Å²) < 4.78 is 13.0. The first-order valence-electron chi connectivity index (χ1n) is 10.8. The molecule has 1 atom stereocenters. The minimum absolute atomic E-state index is 0.00978. The monoisotopic (exact) mass is 435 g/mol. The van der Waals surface area contributed by atoms with Gasteiger partial charge in [0.15, 0.2) is 0 Å². The summed E-state index contributed by atoms with van der Waals surface area (Å²) >= 11 is 0. The molecule has 0 saturated carbocycles. The summed E-state index contributed by atoms with van der Waals surface area (Å²) in [6.45, 7) is 7.36. The highest BCUT2D eigenvalue weighted by atomic mass is 16.5. The van der Waals surface area contributed by atoms with E-state index >= 15 is 0 Å². The Hall–Kier alpha value is -3.26. The number of carbonyl (C=O) groups is 1. The lowest BCUT2D eigenvalue weighted by atomic mass is 10.0. The molecule has 3 heterocycles. The van der Waals surface area contributed by atoms with Crippen molar-refractivity contribution in [1.82, 2.24) is 24.6 Å². The first-order chi connectivity index (χ1) is 15.4. The molecule has 4 rings (SSSR count). The lowest BCUT2D eigenvalue weighted by Crippen LogP contribution is -2.44. The van der Waals surface area contributed by atoms with Crippen molar-refractivity contribution in [1.29, 1.82) is 0 Å². The van der Waals surface area contributed by atoms with Gasteiger partial charge >= 0.3 is 0 Å². The Morgan fingerprint density at radius 2 is 2.00 bits per heavy atom. The van der Waals surface area contributed by atoms with Crippen molar-refractivity contribution in [3.63, 3.8) is 0 Å². The fourth-order valence-electron chi connectivity index (χ4n) is 4.05. The van der Waals surface area contributed by atoms with Crippen molar-refractivity contribution in [2.75, 3.05) is 26.8 Å². The Bertz CT molecular complexity index is 1110. The van der Waals surface area contributed by atoms with Gasteiger partial charge in [0.2, 0.25) is 5.91 Å². The molecular weight excluding hydrogens is 406 g/mol. The molecule has 168 valence electrons. The maximum absolute atomic E-state index is 12.9. The Morgan fingerprint density at radius 1 is 1.16 bits per heavy atom. The van der Waals surface area contributed by atoms with Gasteiger partial charge in [-0.05, 0) is 62.6 Å². The van der Waals surface area contributed by atoms with Gasteiger partial charge in [-0.2, -0.15) is 5.10 Å². The van der Waals surface area contributed by atoms with E-state index in [1.807, 2.05) is 43.9 Å². The molecule has 0 aliphatic carbocycles. The highest BCUT2D eigenvalue weighted by Crippen LogP contribution is 2.24.